The number of amides is 1. The molecule has 4 heteroatoms. The van der Waals surface area contributed by atoms with Gasteiger partial charge in [0.15, 0.2) is 0 Å². The Morgan fingerprint density at radius 3 is 3.40 bits per heavy atom. The van der Waals surface area contributed by atoms with E-state index >= 15 is 0 Å². The summed E-state index contributed by atoms with van der Waals surface area (Å²) < 4.78 is 5.10. The van der Waals surface area contributed by atoms with Gasteiger partial charge in [0.25, 0.3) is 0 Å². The van der Waals surface area contributed by atoms with Gasteiger partial charge in [0.2, 0.25) is 0 Å². The Morgan fingerprint density at radius 2 is 2.70 bits per heavy atom. The van der Waals surface area contributed by atoms with Crippen molar-refractivity contribution in [3.8, 4) is 0 Å². The molecule has 2 heterocycles. The van der Waals surface area contributed by atoms with Crippen molar-refractivity contribution >= 4 is 17.9 Å². The summed E-state index contributed by atoms with van der Waals surface area (Å²) >= 11 is 1.83. The van der Waals surface area contributed by atoms with E-state index in [1.165, 1.54) is 0 Å². The van der Waals surface area contributed by atoms with Crippen molar-refractivity contribution in [2.75, 3.05) is 11.5 Å². The molecular formula is C6H9NO2S. The summed E-state index contributed by atoms with van der Waals surface area (Å²) in [6, 6.07) is 0.241. The second-order valence-corrected chi connectivity index (χ2v) is 3.94. The number of hydrogen-bond donors (Lipinski definition) is 1. The minimum Gasteiger partial charge on any atom is -0.440 e. The Balaban J connectivity index is 2.22. The zero-order valence-corrected chi connectivity index (χ0v) is 6.53. The van der Waals surface area contributed by atoms with E-state index < -0.39 is 0 Å². The number of hydrogen-bond acceptors (Lipinski definition) is 3. The fourth-order valence-electron chi connectivity index (χ4n) is 1.33. The van der Waals surface area contributed by atoms with E-state index in [0.717, 1.165) is 11.5 Å². The standard InChI is InChI=1S/C6H9NO2S/c1-6-3-10-2-4(6)7-5(8)9-6/h4H,2-3H2,1H3,(H,7,8)/t4-,6+/m1/s1. The zero-order chi connectivity index (χ0) is 7.19. The second kappa shape index (κ2) is 1.81. The number of carbonyl (C=O) groups excluding carboxylic acids is 1. The van der Waals surface area contributed by atoms with Gasteiger partial charge in [0, 0.05) is 11.5 Å². The number of alkyl carbamates (subject to hydrolysis) is 1. The molecule has 2 atom stereocenters. The van der Waals surface area contributed by atoms with Crippen LogP contribution in [-0.4, -0.2) is 29.2 Å². The average Bonchev–Trinajstić information content (AvgIpc) is 2.20. The Labute approximate surface area is 63.5 Å². The van der Waals surface area contributed by atoms with Crippen molar-refractivity contribution in [1.82, 2.24) is 5.32 Å². The van der Waals surface area contributed by atoms with Crippen LogP contribution < -0.4 is 5.32 Å². The van der Waals surface area contributed by atoms with E-state index in [-0.39, 0.29) is 17.7 Å². The van der Waals surface area contributed by atoms with Crippen LogP contribution in [0.3, 0.4) is 0 Å². The first-order valence-corrected chi connectivity index (χ1v) is 4.43. The fraction of sp³-hybridized carbons (Fsp3) is 0.833. The normalized spacial score (nSPS) is 44.5. The Kier molecular flexibility index (Phi) is 1.15. The van der Waals surface area contributed by atoms with Gasteiger partial charge in [-0.25, -0.2) is 4.79 Å². The second-order valence-electron chi connectivity index (χ2n) is 2.91. The summed E-state index contributed by atoms with van der Waals surface area (Å²) in [5, 5.41) is 2.77. The van der Waals surface area contributed by atoms with E-state index in [9.17, 15) is 4.79 Å². The molecule has 2 aliphatic rings. The summed E-state index contributed by atoms with van der Waals surface area (Å²) in [6.45, 7) is 1.98. The SMILES string of the molecule is C[C@]12CSC[C@H]1NC(=O)O2. The van der Waals surface area contributed by atoms with Crippen molar-refractivity contribution in [3.63, 3.8) is 0 Å². The summed E-state index contributed by atoms with van der Waals surface area (Å²) in [7, 11) is 0. The lowest BCUT2D eigenvalue weighted by Crippen LogP contribution is -2.39. The highest BCUT2D eigenvalue weighted by atomic mass is 32.2. The first-order chi connectivity index (χ1) is 4.71. The molecule has 2 fully saturated rings. The van der Waals surface area contributed by atoms with Crippen LogP contribution >= 0.6 is 11.8 Å². The molecule has 2 aliphatic heterocycles. The van der Waals surface area contributed by atoms with Gasteiger partial charge in [-0.15, -0.1) is 0 Å². The number of ether oxygens (including phenoxy) is 1. The quantitative estimate of drug-likeness (QED) is 0.562. The maximum atomic E-state index is 10.7. The maximum absolute atomic E-state index is 10.7. The van der Waals surface area contributed by atoms with Crippen LogP contribution in [0.2, 0.25) is 0 Å². The minimum absolute atomic E-state index is 0.220. The van der Waals surface area contributed by atoms with Crippen LogP contribution in [0, 0.1) is 0 Å². The van der Waals surface area contributed by atoms with Gasteiger partial charge in [-0.05, 0) is 6.92 Å². The molecule has 56 valence electrons. The number of thioether (sulfide) groups is 1. The molecule has 2 rings (SSSR count). The molecule has 1 amide bonds. The molecule has 0 aromatic carbocycles. The minimum atomic E-state index is -0.257. The highest BCUT2D eigenvalue weighted by Crippen LogP contribution is 2.34. The van der Waals surface area contributed by atoms with E-state index in [1.54, 1.807) is 0 Å². The van der Waals surface area contributed by atoms with Crippen LogP contribution in [0.25, 0.3) is 0 Å². The molecule has 0 radical (unpaired) electrons. The monoisotopic (exact) mass is 159 g/mol. The van der Waals surface area contributed by atoms with Gasteiger partial charge in [0.05, 0.1) is 6.04 Å². The average molecular weight is 159 g/mol. The maximum Gasteiger partial charge on any atom is 0.408 e. The Bertz CT molecular complexity index is 185. The van der Waals surface area contributed by atoms with E-state index in [0.29, 0.717) is 0 Å². The molecule has 0 saturated carbocycles. The van der Waals surface area contributed by atoms with Crippen LogP contribution in [-0.2, 0) is 4.74 Å². The molecule has 0 aliphatic carbocycles. The molecule has 0 aromatic heterocycles. The predicted molar refractivity (Wildman–Crippen MR) is 39.1 cm³/mol. The zero-order valence-electron chi connectivity index (χ0n) is 5.72. The van der Waals surface area contributed by atoms with Gasteiger partial charge in [-0.1, -0.05) is 0 Å². The van der Waals surface area contributed by atoms with Crippen molar-refractivity contribution < 1.29 is 9.53 Å². The molecule has 1 N–H and O–H groups in total. The predicted octanol–water partition coefficient (Wildman–Crippen LogP) is 0.600. The lowest BCUT2D eigenvalue weighted by Gasteiger charge is -2.18. The smallest absolute Gasteiger partial charge is 0.408 e. The molecule has 2 saturated heterocycles. The van der Waals surface area contributed by atoms with Crippen molar-refractivity contribution in [2.45, 2.75) is 18.6 Å². The summed E-state index contributed by atoms with van der Waals surface area (Å²) in [5.74, 6) is 1.92. The van der Waals surface area contributed by atoms with Gasteiger partial charge < -0.3 is 10.1 Å². The topological polar surface area (TPSA) is 38.3 Å². The van der Waals surface area contributed by atoms with Gasteiger partial charge in [0.1, 0.15) is 5.60 Å². The van der Waals surface area contributed by atoms with Gasteiger partial charge in [-0.3, -0.25) is 0 Å². The third kappa shape index (κ3) is 0.714. The lowest BCUT2D eigenvalue weighted by atomic mass is 10.0. The first kappa shape index (κ1) is 6.34. The lowest BCUT2D eigenvalue weighted by molar-refractivity contribution is 0.0805. The Hall–Kier alpha value is -0.380. The summed E-state index contributed by atoms with van der Waals surface area (Å²) in [4.78, 5) is 10.7. The molecular weight excluding hydrogens is 150 g/mol. The summed E-state index contributed by atoms with van der Waals surface area (Å²) in [6.07, 6.45) is -0.257. The molecule has 0 aromatic rings. The molecule has 10 heavy (non-hydrogen) atoms. The van der Waals surface area contributed by atoms with Gasteiger partial charge in [-0.2, -0.15) is 11.8 Å². The van der Waals surface area contributed by atoms with E-state index in [2.05, 4.69) is 5.32 Å². The third-order valence-corrected chi connectivity index (χ3v) is 3.37. The first-order valence-electron chi connectivity index (χ1n) is 3.28. The molecule has 0 spiro atoms. The summed E-state index contributed by atoms with van der Waals surface area (Å²) in [5.41, 5.74) is -0.220. The fourth-order valence-corrected chi connectivity index (χ4v) is 2.79. The molecule has 0 unspecified atom stereocenters. The van der Waals surface area contributed by atoms with Gasteiger partial charge >= 0.3 is 6.09 Å². The molecule has 3 nitrogen and oxygen atoms in total. The van der Waals surface area contributed by atoms with E-state index in [4.69, 9.17) is 4.74 Å². The van der Waals surface area contributed by atoms with Crippen LogP contribution in [0.15, 0.2) is 0 Å². The van der Waals surface area contributed by atoms with Crippen molar-refractivity contribution in [2.24, 2.45) is 0 Å². The van der Waals surface area contributed by atoms with Crippen LogP contribution in [0.4, 0.5) is 4.79 Å². The number of fused-ring (bicyclic) bond motifs is 1. The number of rotatable bonds is 0. The van der Waals surface area contributed by atoms with Crippen LogP contribution in [0.1, 0.15) is 6.92 Å². The highest BCUT2D eigenvalue weighted by molar-refractivity contribution is 7.99. The largest absolute Gasteiger partial charge is 0.440 e. The highest BCUT2D eigenvalue weighted by Gasteiger charge is 2.48. The van der Waals surface area contributed by atoms with Crippen LogP contribution in [0.5, 0.6) is 0 Å². The van der Waals surface area contributed by atoms with Crippen molar-refractivity contribution in [3.05, 3.63) is 0 Å². The Morgan fingerprint density at radius 1 is 1.90 bits per heavy atom. The number of carbonyl (C=O) groups is 1. The van der Waals surface area contributed by atoms with Crippen molar-refractivity contribution in [1.29, 1.82) is 0 Å². The number of nitrogens with one attached hydrogen (secondary N) is 1. The molecule has 0 bridgehead atoms. The van der Waals surface area contributed by atoms with E-state index in [1.807, 2.05) is 18.7 Å². The third-order valence-electron chi connectivity index (χ3n) is 2.03.